The van der Waals surface area contributed by atoms with E-state index in [4.69, 9.17) is 10.5 Å². The van der Waals surface area contributed by atoms with Gasteiger partial charge in [0.05, 0.1) is 18.2 Å². The van der Waals surface area contributed by atoms with Gasteiger partial charge in [-0.3, -0.25) is 4.98 Å². The van der Waals surface area contributed by atoms with E-state index in [0.717, 1.165) is 36.5 Å². The van der Waals surface area contributed by atoms with Crippen molar-refractivity contribution in [3.8, 4) is 11.3 Å². The Morgan fingerprint density at radius 2 is 2.20 bits per heavy atom. The molecule has 2 N–H and O–H groups in total. The van der Waals surface area contributed by atoms with Gasteiger partial charge in [-0.2, -0.15) is 0 Å². The van der Waals surface area contributed by atoms with Gasteiger partial charge in [-0.25, -0.2) is 4.98 Å². The highest BCUT2D eigenvalue weighted by Crippen LogP contribution is 2.50. The fraction of sp³-hybridized carbons (Fsp3) is 0.467. The molecule has 0 spiro atoms. The predicted octanol–water partition coefficient (Wildman–Crippen LogP) is 2.34. The van der Waals surface area contributed by atoms with E-state index in [1.165, 1.54) is 12.8 Å². The molecule has 1 aliphatic rings. The van der Waals surface area contributed by atoms with Crippen molar-refractivity contribution in [3.05, 3.63) is 31.0 Å². The van der Waals surface area contributed by atoms with Crippen molar-refractivity contribution in [2.75, 3.05) is 19.5 Å². The molecule has 0 amide bonds. The second kappa shape index (κ2) is 5.25. The van der Waals surface area contributed by atoms with Gasteiger partial charge in [0.1, 0.15) is 0 Å². The SMILES string of the molecule is COCCC1(Cn2cncc2-c2cnccc2N)CC1. The summed E-state index contributed by atoms with van der Waals surface area (Å²) in [5, 5.41) is 0. The van der Waals surface area contributed by atoms with Gasteiger partial charge in [0.2, 0.25) is 0 Å². The van der Waals surface area contributed by atoms with Crippen LogP contribution in [-0.2, 0) is 11.3 Å². The van der Waals surface area contributed by atoms with Gasteiger partial charge in [0.15, 0.2) is 0 Å². The summed E-state index contributed by atoms with van der Waals surface area (Å²) in [6.07, 6.45) is 10.9. The Bertz CT molecular complexity index is 589. The van der Waals surface area contributed by atoms with Crippen LogP contribution in [0.2, 0.25) is 0 Å². The number of methoxy groups -OCH3 is 1. The van der Waals surface area contributed by atoms with Crippen LogP contribution in [-0.4, -0.2) is 28.3 Å². The molecule has 0 aromatic carbocycles. The van der Waals surface area contributed by atoms with E-state index in [-0.39, 0.29) is 0 Å². The van der Waals surface area contributed by atoms with Crippen LogP contribution in [0.1, 0.15) is 19.3 Å². The minimum absolute atomic E-state index is 0.377. The van der Waals surface area contributed by atoms with Crippen molar-refractivity contribution in [2.24, 2.45) is 5.41 Å². The van der Waals surface area contributed by atoms with Gasteiger partial charge < -0.3 is 15.0 Å². The number of pyridine rings is 1. The Morgan fingerprint density at radius 3 is 2.90 bits per heavy atom. The molecular weight excluding hydrogens is 252 g/mol. The predicted molar refractivity (Wildman–Crippen MR) is 78.0 cm³/mol. The summed E-state index contributed by atoms with van der Waals surface area (Å²) < 4.78 is 7.41. The fourth-order valence-corrected chi connectivity index (χ4v) is 2.63. The summed E-state index contributed by atoms with van der Waals surface area (Å²) in [6.45, 7) is 1.79. The van der Waals surface area contributed by atoms with Gasteiger partial charge in [-0.05, 0) is 30.7 Å². The number of imidazole rings is 1. The number of nitrogens with two attached hydrogens (primary N) is 1. The van der Waals surface area contributed by atoms with Crippen LogP contribution in [0, 0.1) is 5.41 Å². The lowest BCUT2D eigenvalue weighted by atomic mass is 10.0. The summed E-state index contributed by atoms with van der Waals surface area (Å²) in [5.74, 6) is 0. The molecular formula is C15H20N4O. The Kier molecular flexibility index (Phi) is 3.44. The number of rotatable bonds is 6. The number of nitrogen functional groups attached to an aromatic ring is 1. The van der Waals surface area contributed by atoms with Crippen molar-refractivity contribution in [1.82, 2.24) is 14.5 Å². The van der Waals surface area contributed by atoms with Crippen LogP contribution in [0.15, 0.2) is 31.0 Å². The fourth-order valence-electron chi connectivity index (χ4n) is 2.63. The van der Waals surface area contributed by atoms with E-state index in [1.54, 1.807) is 19.5 Å². The first-order chi connectivity index (χ1) is 9.74. The molecule has 3 rings (SSSR count). The first-order valence-electron chi connectivity index (χ1n) is 6.93. The number of nitrogens with zero attached hydrogens (tertiary/aromatic N) is 3. The second-order valence-corrected chi connectivity index (χ2v) is 5.61. The van der Waals surface area contributed by atoms with Gasteiger partial charge in [-0.15, -0.1) is 0 Å². The lowest BCUT2D eigenvalue weighted by Gasteiger charge is -2.17. The van der Waals surface area contributed by atoms with Crippen molar-refractivity contribution in [1.29, 1.82) is 0 Å². The molecule has 2 heterocycles. The molecule has 0 radical (unpaired) electrons. The summed E-state index contributed by atoms with van der Waals surface area (Å²) in [5.41, 5.74) is 9.15. The highest BCUT2D eigenvalue weighted by molar-refractivity contribution is 5.72. The third-order valence-corrected chi connectivity index (χ3v) is 4.14. The molecule has 2 aromatic heterocycles. The molecule has 0 aliphatic heterocycles. The largest absolute Gasteiger partial charge is 0.398 e. The quantitative estimate of drug-likeness (QED) is 0.876. The van der Waals surface area contributed by atoms with Crippen LogP contribution in [0.25, 0.3) is 11.3 Å². The Labute approximate surface area is 118 Å². The van der Waals surface area contributed by atoms with E-state index < -0.39 is 0 Å². The molecule has 1 fully saturated rings. The van der Waals surface area contributed by atoms with Crippen LogP contribution in [0.4, 0.5) is 5.69 Å². The smallest absolute Gasteiger partial charge is 0.0951 e. The molecule has 0 bridgehead atoms. The Balaban J connectivity index is 1.83. The maximum Gasteiger partial charge on any atom is 0.0951 e. The third-order valence-electron chi connectivity index (χ3n) is 4.14. The lowest BCUT2D eigenvalue weighted by Crippen LogP contribution is -2.14. The minimum Gasteiger partial charge on any atom is -0.398 e. The van der Waals surface area contributed by atoms with Crippen LogP contribution < -0.4 is 5.73 Å². The normalized spacial score (nSPS) is 16.2. The monoisotopic (exact) mass is 272 g/mol. The minimum atomic E-state index is 0.377. The summed E-state index contributed by atoms with van der Waals surface area (Å²) in [7, 11) is 1.76. The molecule has 1 saturated carbocycles. The average Bonchev–Trinajstić information content (AvgIpc) is 3.07. The summed E-state index contributed by atoms with van der Waals surface area (Å²) in [6, 6.07) is 1.82. The Morgan fingerprint density at radius 1 is 1.35 bits per heavy atom. The molecule has 0 unspecified atom stereocenters. The zero-order valence-electron chi connectivity index (χ0n) is 11.7. The number of anilines is 1. The van der Waals surface area contributed by atoms with Gasteiger partial charge in [0.25, 0.3) is 0 Å². The van der Waals surface area contributed by atoms with Crippen molar-refractivity contribution >= 4 is 5.69 Å². The summed E-state index contributed by atoms with van der Waals surface area (Å²) >= 11 is 0. The van der Waals surface area contributed by atoms with Gasteiger partial charge in [-0.1, -0.05) is 0 Å². The van der Waals surface area contributed by atoms with Crippen LogP contribution in [0.5, 0.6) is 0 Å². The molecule has 1 aliphatic carbocycles. The molecule has 5 heteroatoms. The molecule has 106 valence electrons. The van der Waals surface area contributed by atoms with E-state index in [2.05, 4.69) is 14.5 Å². The van der Waals surface area contributed by atoms with E-state index in [0.29, 0.717) is 5.41 Å². The number of hydrogen-bond acceptors (Lipinski definition) is 4. The van der Waals surface area contributed by atoms with Crippen molar-refractivity contribution in [3.63, 3.8) is 0 Å². The highest BCUT2D eigenvalue weighted by atomic mass is 16.5. The number of hydrogen-bond donors (Lipinski definition) is 1. The first-order valence-corrected chi connectivity index (χ1v) is 6.93. The van der Waals surface area contributed by atoms with Gasteiger partial charge in [0, 0.05) is 43.9 Å². The van der Waals surface area contributed by atoms with Gasteiger partial charge >= 0.3 is 0 Å². The molecule has 0 atom stereocenters. The highest BCUT2D eigenvalue weighted by Gasteiger charge is 2.42. The molecule has 0 saturated heterocycles. The first kappa shape index (κ1) is 13.1. The van der Waals surface area contributed by atoms with E-state index in [1.807, 2.05) is 18.6 Å². The maximum absolute atomic E-state index is 6.04. The Hall–Kier alpha value is -1.88. The second-order valence-electron chi connectivity index (χ2n) is 5.61. The number of ether oxygens (including phenoxy) is 1. The lowest BCUT2D eigenvalue weighted by molar-refractivity contribution is 0.167. The van der Waals surface area contributed by atoms with Crippen LogP contribution >= 0.6 is 0 Å². The average molecular weight is 272 g/mol. The van der Waals surface area contributed by atoms with E-state index >= 15 is 0 Å². The standard InChI is InChI=1S/C15H20N4O/c1-20-7-5-15(3-4-15)10-19-11-18-9-14(19)12-8-17-6-2-13(12)16/h2,6,8-9,11H,3-5,7,10H2,1H3,(H2,16,17). The maximum atomic E-state index is 6.04. The summed E-state index contributed by atoms with van der Waals surface area (Å²) in [4.78, 5) is 8.44. The van der Waals surface area contributed by atoms with Crippen molar-refractivity contribution < 1.29 is 4.74 Å². The molecule has 20 heavy (non-hydrogen) atoms. The third kappa shape index (κ3) is 2.54. The van der Waals surface area contributed by atoms with E-state index in [9.17, 15) is 0 Å². The topological polar surface area (TPSA) is 66.0 Å². The zero-order valence-corrected chi connectivity index (χ0v) is 11.7. The van der Waals surface area contributed by atoms with Crippen molar-refractivity contribution in [2.45, 2.75) is 25.8 Å². The molecule has 2 aromatic rings. The molecule has 5 nitrogen and oxygen atoms in total. The number of aromatic nitrogens is 3. The van der Waals surface area contributed by atoms with Crippen LogP contribution in [0.3, 0.4) is 0 Å². The zero-order chi connectivity index (χ0) is 14.0.